The molecule has 9 heteroatoms. The molecule has 2 heterocycles. The standard InChI is InChI=1S/C19H23N5O4/c25-16-4-1-3-15(12-16)22-17(26)11-14(18(27)28)13-23-7-9-24(10-8-23)19-20-5-2-6-21-19/h1-6,12,14,25H,7-11,13H2,(H,22,26)(H,27,28)/t14-/m0/s1. The zero-order valence-electron chi connectivity index (χ0n) is 15.4. The number of phenolic OH excluding ortho intramolecular Hbond substituents is 1. The Hall–Kier alpha value is -3.20. The van der Waals surface area contributed by atoms with E-state index in [2.05, 4.69) is 20.2 Å². The number of benzene rings is 1. The van der Waals surface area contributed by atoms with Gasteiger partial charge < -0.3 is 20.4 Å². The molecule has 3 N–H and O–H groups in total. The fraction of sp³-hybridized carbons (Fsp3) is 0.368. The van der Waals surface area contributed by atoms with Crippen molar-refractivity contribution in [3.63, 3.8) is 0 Å². The average molecular weight is 385 g/mol. The van der Waals surface area contributed by atoms with Crippen LogP contribution in [0.15, 0.2) is 42.7 Å². The maximum absolute atomic E-state index is 12.2. The second kappa shape index (κ2) is 9.14. The third-order valence-electron chi connectivity index (χ3n) is 4.60. The van der Waals surface area contributed by atoms with Crippen LogP contribution in [0.4, 0.5) is 11.6 Å². The van der Waals surface area contributed by atoms with Crippen LogP contribution < -0.4 is 10.2 Å². The minimum absolute atomic E-state index is 0.0350. The number of rotatable bonds is 7. The number of phenols is 1. The van der Waals surface area contributed by atoms with Crippen molar-refractivity contribution in [3.05, 3.63) is 42.7 Å². The Morgan fingerprint density at radius 1 is 1.11 bits per heavy atom. The third kappa shape index (κ3) is 5.40. The fourth-order valence-electron chi connectivity index (χ4n) is 3.15. The molecule has 0 unspecified atom stereocenters. The number of hydrogen-bond donors (Lipinski definition) is 3. The molecule has 0 spiro atoms. The SMILES string of the molecule is O=C(C[C@@H](CN1CCN(c2ncccn2)CC1)C(=O)O)Nc1cccc(O)c1. The highest BCUT2D eigenvalue weighted by atomic mass is 16.4. The molecule has 0 radical (unpaired) electrons. The first-order valence-corrected chi connectivity index (χ1v) is 9.07. The number of anilines is 2. The molecule has 148 valence electrons. The molecule has 0 bridgehead atoms. The van der Waals surface area contributed by atoms with E-state index in [0.29, 0.717) is 44.4 Å². The lowest BCUT2D eigenvalue weighted by Gasteiger charge is -2.35. The molecule has 28 heavy (non-hydrogen) atoms. The molecule has 1 atom stereocenters. The maximum Gasteiger partial charge on any atom is 0.308 e. The highest BCUT2D eigenvalue weighted by Crippen LogP contribution is 2.17. The predicted molar refractivity (Wildman–Crippen MR) is 103 cm³/mol. The van der Waals surface area contributed by atoms with E-state index in [9.17, 15) is 19.8 Å². The van der Waals surface area contributed by atoms with Gasteiger partial charge >= 0.3 is 5.97 Å². The molecule has 1 fully saturated rings. The van der Waals surface area contributed by atoms with Gasteiger partial charge in [0.1, 0.15) is 5.75 Å². The molecule has 1 aliphatic heterocycles. The molecule has 0 aliphatic carbocycles. The summed E-state index contributed by atoms with van der Waals surface area (Å²) >= 11 is 0. The lowest BCUT2D eigenvalue weighted by molar-refractivity contribution is -0.144. The Morgan fingerprint density at radius 3 is 2.46 bits per heavy atom. The summed E-state index contributed by atoms with van der Waals surface area (Å²) in [5, 5.41) is 21.6. The van der Waals surface area contributed by atoms with Crippen molar-refractivity contribution in [2.45, 2.75) is 6.42 Å². The molecule has 1 aliphatic rings. The first kappa shape index (κ1) is 19.6. The number of carboxylic acid groups (broad SMARTS) is 1. The second-order valence-electron chi connectivity index (χ2n) is 6.67. The molecule has 9 nitrogen and oxygen atoms in total. The number of piperazine rings is 1. The van der Waals surface area contributed by atoms with Gasteiger partial charge in [0.25, 0.3) is 0 Å². The van der Waals surface area contributed by atoms with Crippen molar-refractivity contribution in [1.82, 2.24) is 14.9 Å². The van der Waals surface area contributed by atoms with Crippen molar-refractivity contribution in [2.75, 3.05) is 42.9 Å². The van der Waals surface area contributed by atoms with Gasteiger partial charge in [-0.15, -0.1) is 0 Å². The number of amides is 1. The van der Waals surface area contributed by atoms with Crippen molar-refractivity contribution in [1.29, 1.82) is 0 Å². The molecule has 1 amide bonds. The molecule has 3 rings (SSSR count). The van der Waals surface area contributed by atoms with Gasteiger partial charge in [0.05, 0.1) is 5.92 Å². The molecular formula is C19H23N5O4. The zero-order valence-corrected chi connectivity index (χ0v) is 15.4. The van der Waals surface area contributed by atoms with Crippen LogP contribution in [0, 0.1) is 5.92 Å². The summed E-state index contributed by atoms with van der Waals surface area (Å²) in [7, 11) is 0. The number of aliphatic carboxylic acids is 1. The van der Waals surface area contributed by atoms with E-state index in [-0.39, 0.29) is 12.2 Å². The van der Waals surface area contributed by atoms with Crippen LogP contribution in [0.1, 0.15) is 6.42 Å². The Balaban J connectivity index is 1.51. The molecule has 2 aromatic rings. The number of aromatic hydroxyl groups is 1. The van der Waals surface area contributed by atoms with Crippen molar-refractivity contribution < 1.29 is 19.8 Å². The van der Waals surface area contributed by atoms with E-state index in [4.69, 9.17) is 0 Å². The minimum atomic E-state index is -1.00. The molecule has 1 aromatic carbocycles. The zero-order chi connectivity index (χ0) is 19.9. The van der Waals surface area contributed by atoms with E-state index in [1.54, 1.807) is 30.6 Å². The number of nitrogens with zero attached hydrogens (tertiary/aromatic N) is 4. The second-order valence-corrected chi connectivity index (χ2v) is 6.67. The van der Waals surface area contributed by atoms with E-state index in [1.165, 1.54) is 12.1 Å². The summed E-state index contributed by atoms with van der Waals surface area (Å²) in [6, 6.07) is 7.92. The van der Waals surface area contributed by atoms with Crippen molar-refractivity contribution in [2.24, 2.45) is 5.92 Å². The average Bonchev–Trinajstić information content (AvgIpc) is 2.68. The number of carbonyl (C=O) groups excluding carboxylic acids is 1. The smallest absolute Gasteiger partial charge is 0.308 e. The summed E-state index contributed by atoms with van der Waals surface area (Å²) in [6.07, 6.45) is 3.26. The summed E-state index contributed by atoms with van der Waals surface area (Å²) in [5.74, 6) is -1.50. The van der Waals surface area contributed by atoms with Gasteiger partial charge in [-0.1, -0.05) is 6.07 Å². The summed E-state index contributed by atoms with van der Waals surface area (Å²) in [5.41, 5.74) is 0.436. The minimum Gasteiger partial charge on any atom is -0.508 e. The Bertz CT molecular complexity index is 809. The van der Waals surface area contributed by atoms with Crippen LogP contribution >= 0.6 is 0 Å². The Labute approximate surface area is 162 Å². The number of aromatic nitrogens is 2. The number of hydrogen-bond acceptors (Lipinski definition) is 7. The molecule has 0 saturated carbocycles. The van der Waals surface area contributed by atoms with E-state index in [1.807, 2.05) is 4.90 Å². The van der Waals surface area contributed by atoms with Crippen molar-refractivity contribution in [3.8, 4) is 5.75 Å². The van der Waals surface area contributed by atoms with Gasteiger partial charge in [0, 0.05) is 63.3 Å². The Morgan fingerprint density at radius 2 is 1.82 bits per heavy atom. The summed E-state index contributed by atoms with van der Waals surface area (Å²) in [6.45, 7) is 3.05. The van der Waals surface area contributed by atoms with E-state index in [0.717, 1.165) is 0 Å². The van der Waals surface area contributed by atoms with Gasteiger partial charge in [-0.25, -0.2) is 9.97 Å². The lowest BCUT2D eigenvalue weighted by atomic mass is 10.0. The van der Waals surface area contributed by atoms with Gasteiger partial charge in [-0.3, -0.25) is 14.5 Å². The largest absolute Gasteiger partial charge is 0.508 e. The van der Waals surface area contributed by atoms with Crippen LogP contribution in [0.25, 0.3) is 0 Å². The van der Waals surface area contributed by atoms with Gasteiger partial charge in [0.2, 0.25) is 11.9 Å². The summed E-state index contributed by atoms with van der Waals surface area (Å²) in [4.78, 5) is 36.4. The number of carbonyl (C=O) groups is 2. The first-order valence-electron chi connectivity index (χ1n) is 9.07. The normalized spacial score (nSPS) is 15.8. The van der Waals surface area contributed by atoms with Crippen LogP contribution in [0.2, 0.25) is 0 Å². The molecule has 1 aromatic heterocycles. The van der Waals surface area contributed by atoms with Crippen LogP contribution in [-0.2, 0) is 9.59 Å². The first-order chi connectivity index (χ1) is 13.5. The van der Waals surface area contributed by atoms with Gasteiger partial charge in [-0.2, -0.15) is 0 Å². The Kier molecular flexibility index (Phi) is 6.38. The lowest BCUT2D eigenvalue weighted by Crippen LogP contribution is -2.49. The van der Waals surface area contributed by atoms with E-state index < -0.39 is 17.8 Å². The highest BCUT2D eigenvalue weighted by molar-refractivity contribution is 5.93. The number of nitrogens with one attached hydrogen (secondary N) is 1. The quantitative estimate of drug-likeness (QED) is 0.647. The van der Waals surface area contributed by atoms with Gasteiger partial charge in [0.15, 0.2) is 0 Å². The molecule has 1 saturated heterocycles. The predicted octanol–water partition coefficient (Wildman–Crippen LogP) is 1.03. The van der Waals surface area contributed by atoms with Crippen LogP contribution in [0.3, 0.4) is 0 Å². The van der Waals surface area contributed by atoms with Crippen LogP contribution in [-0.4, -0.2) is 69.7 Å². The van der Waals surface area contributed by atoms with Crippen molar-refractivity contribution >= 4 is 23.5 Å². The monoisotopic (exact) mass is 385 g/mol. The van der Waals surface area contributed by atoms with Gasteiger partial charge in [-0.05, 0) is 18.2 Å². The highest BCUT2D eigenvalue weighted by Gasteiger charge is 2.27. The van der Waals surface area contributed by atoms with E-state index >= 15 is 0 Å². The maximum atomic E-state index is 12.2. The van der Waals surface area contributed by atoms with Crippen LogP contribution in [0.5, 0.6) is 5.75 Å². The summed E-state index contributed by atoms with van der Waals surface area (Å²) < 4.78 is 0. The molecular weight excluding hydrogens is 362 g/mol. The topological polar surface area (TPSA) is 119 Å². The number of carboxylic acids is 1. The third-order valence-corrected chi connectivity index (χ3v) is 4.60. The fourth-order valence-corrected chi connectivity index (χ4v) is 3.15.